The maximum absolute atomic E-state index is 6.47. The van der Waals surface area contributed by atoms with Crippen LogP contribution in [0, 0.1) is 0 Å². The molecule has 0 saturated carbocycles. The van der Waals surface area contributed by atoms with E-state index in [4.69, 9.17) is 21.1 Å². The topological polar surface area (TPSA) is 81.5 Å². The van der Waals surface area contributed by atoms with E-state index in [1.54, 1.807) is 12.5 Å². The third-order valence-corrected chi connectivity index (χ3v) is 5.50. The van der Waals surface area contributed by atoms with E-state index >= 15 is 0 Å². The summed E-state index contributed by atoms with van der Waals surface area (Å²) < 4.78 is 11.5. The van der Waals surface area contributed by atoms with Crippen LogP contribution in [0.5, 0.6) is 5.75 Å². The van der Waals surface area contributed by atoms with E-state index in [1.165, 1.54) is 0 Å². The van der Waals surface area contributed by atoms with Gasteiger partial charge in [0.1, 0.15) is 31.1 Å². The number of aromatic nitrogens is 3. The Bertz CT molecular complexity index is 1310. The van der Waals surface area contributed by atoms with Crippen LogP contribution in [-0.2, 0) is 17.8 Å². The van der Waals surface area contributed by atoms with Gasteiger partial charge in [0, 0.05) is 23.7 Å². The fraction of sp³-hybridized carbons (Fsp3) is 0.200. The Morgan fingerprint density at radius 3 is 2.82 bits per heavy atom. The maximum Gasteiger partial charge on any atom is 0.188 e. The Morgan fingerprint density at radius 1 is 1.09 bits per heavy atom. The summed E-state index contributed by atoms with van der Waals surface area (Å²) in [6.45, 7) is 3.03. The fourth-order valence-electron chi connectivity index (χ4n) is 3.59. The number of nitrogens with zero attached hydrogens (tertiary/aromatic N) is 4. The van der Waals surface area contributed by atoms with Crippen LogP contribution in [-0.4, -0.2) is 33.5 Å². The zero-order valence-corrected chi connectivity index (χ0v) is 18.8. The molecule has 1 atom stereocenters. The zero-order valence-electron chi connectivity index (χ0n) is 18.0. The molecule has 0 saturated heterocycles. The predicted molar refractivity (Wildman–Crippen MR) is 129 cm³/mol. The molecule has 0 amide bonds. The molecule has 166 valence electrons. The number of benzene rings is 2. The summed E-state index contributed by atoms with van der Waals surface area (Å²) in [6.07, 6.45) is 3.92. The Kier molecular flexibility index (Phi) is 6.04. The minimum atomic E-state index is 0.210. The van der Waals surface area contributed by atoms with Crippen molar-refractivity contribution < 1.29 is 9.47 Å². The van der Waals surface area contributed by atoms with E-state index in [9.17, 15) is 0 Å². The highest BCUT2D eigenvalue weighted by Crippen LogP contribution is 2.31. The van der Waals surface area contributed by atoms with Crippen molar-refractivity contribution in [1.82, 2.24) is 15.0 Å². The van der Waals surface area contributed by atoms with Gasteiger partial charge in [0.05, 0.1) is 22.3 Å². The second-order valence-corrected chi connectivity index (χ2v) is 8.22. The number of rotatable bonds is 7. The SMILES string of the molecule is C[C@@H]1COC(Cc2ccc3ncnc(Nc4ccc(OCc5ccccn5)c(Cl)c4)c3c2)=N1. The molecule has 3 heterocycles. The van der Waals surface area contributed by atoms with Gasteiger partial charge in [-0.1, -0.05) is 23.7 Å². The lowest BCUT2D eigenvalue weighted by Crippen LogP contribution is -2.04. The van der Waals surface area contributed by atoms with Crippen molar-refractivity contribution in [3.63, 3.8) is 0 Å². The second-order valence-electron chi connectivity index (χ2n) is 7.81. The quantitative estimate of drug-likeness (QED) is 0.400. The van der Waals surface area contributed by atoms with Crippen LogP contribution in [0.4, 0.5) is 11.5 Å². The number of hydrogen-bond acceptors (Lipinski definition) is 7. The standard InChI is InChI=1S/C25H22ClN5O2/c1-16-13-33-24(30-16)11-17-5-7-22-20(10-17)25(29-15-28-22)31-18-6-8-23(21(26)12-18)32-14-19-4-2-3-9-27-19/h2-10,12,15-16H,11,13-14H2,1H3,(H,28,29,31)/t16-/m1/s1. The first-order valence-corrected chi connectivity index (χ1v) is 11.0. The first-order chi connectivity index (χ1) is 16.1. The number of hydrogen-bond donors (Lipinski definition) is 1. The van der Waals surface area contributed by atoms with Crippen LogP contribution in [0.3, 0.4) is 0 Å². The lowest BCUT2D eigenvalue weighted by molar-refractivity contribution is 0.301. The smallest absolute Gasteiger partial charge is 0.188 e. The first-order valence-electron chi connectivity index (χ1n) is 10.7. The monoisotopic (exact) mass is 459 g/mol. The lowest BCUT2D eigenvalue weighted by Gasteiger charge is -2.12. The molecule has 0 unspecified atom stereocenters. The van der Waals surface area contributed by atoms with E-state index in [0.717, 1.165) is 33.7 Å². The van der Waals surface area contributed by atoms with E-state index in [1.807, 2.05) is 55.5 Å². The third kappa shape index (κ3) is 5.04. The molecule has 7 nitrogen and oxygen atoms in total. The summed E-state index contributed by atoms with van der Waals surface area (Å²) >= 11 is 6.47. The average molecular weight is 460 g/mol. The van der Waals surface area contributed by atoms with Crippen molar-refractivity contribution in [3.8, 4) is 5.75 Å². The van der Waals surface area contributed by atoms with E-state index in [-0.39, 0.29) is 6.04 Å². The molecule has 0 radical (unpaired) electrons. The van der Waals surface area contributed by atoms with Crippen molar-refractivity contribution in [2.75, 3.05) is 11.9 Å². The van der Waals surface area contributed by atoms with E-state index in [0.29, 0.717) is 36.2 Å². The maximum atomic E-state index is 6.47. The number of pyridine rings is 1. The summed E-state index contributed by atoms with van der Waals surface area (Å²) in [5.74, 6) is 2.05. The van der Waals surface area contributed by atoms with Crippen molar-refractivity contribution >= 4 is 39.9 Å². The molecule has 0 aliphatic carbocycles. The number of nitrogens with one attached hydrogen (secondary N) is 1. The highest BCUT2D eigenvalue weighted by atomic mass is 35.5. The van der Waals surface area contributed by atoms with Gasteiger partial charge in [-0.3, -0.25) is 4.98 Å². The fourth-order valence-corrected chi connectivity index (χ4v) is 3.82. The van der Waals surface area contributed by atoms with Gasteiger partial charge in [-0.25, -0.2) is 15.0 Å². The normalized spacial score (nSPS) is 15.2. The van der Waals surface area contributed by atoms with Gasteiger partial charge in [-0.2, -0.15) is 0 Å². The molecule has 1 N–H and O–H groups in total. The predicted octanol–water partition coefficient (Wildman–Crippen LogP) is 5.36. The van der Waals surface area contributed by atoms with Gasteiger partial charge < -0.3 is 14.8 Å². The number of aliphatic imine (C=N–C) groups is 1. The van der Waals surface area contributed by atoms with Crippen LogP contribution >= 0.6 is 11.6 Å². The second kappa shape index (κ2) is 9.42. The van der Waals surface area contributed by atoms with Crippen LogP contribution in [0.1, 0.15) is 18.2 Å². The van der Waals surface area contributed by atoms with Crippen molar-refractivity contribution in [3.05, 3.63) is 83.4 Å². The number of fused-ring (bicyclic) bond motifs is 1. The summed E-state index contributed by atoms with van der Waals surface area (Å²) in [5, 5.41) is 4.76. The highest BCUT2D eigenvalue weighted by molar-refractivity contribution is 6.32. The van der Waals surface area contributed by atoms with Crippen LogP contribution < -0.4 is 10.1 Å². The Labute approximate surface area is 196 Å². The minimum Gasteiger partial charge on any atom is -0.486 e. The van der Waals surface area contributed by atoms with Crippen molar-refractivity contribution in [2.45, 2.75) is 26.0 Å². The average Bonchev–Trinajstić information content (AvgIpc) is 3.24. The molecule has 0 fully saturated rings. The molecular formula is C25H22ClN5O2. The van der Waals surface area contributed by atoms with Gasteiger partial charge in [-0.05, 0) is 55.0 Å². The summed E-state index contributed by atoms with van der Waals surface area (Å²) in [7, 11) is 0. The number of anilines is 2. The minimum absolute atomic E-state index is 0.210. The molecule has 0 spiro atoms. The van der Waals surface area contributed by atoms with Crippen LogP contribution in [0.15, 0.2) is 72.1 Å². The van der Waals surface area contributed by atoms with Crippen LogP contribution in [0.2, 0.25) is 5.02 Å². The molecule has 1 aliphatic heterocycles. The largest absolute Gasteiger partial charge is 0.486 e. The molecule has 33 heavy (non-hydrogen) atoms. The molecular weight excluding hydrogens is 438 g/mol. The van der Waals surface area contributed by atoms with Gasteiger partial charge in [0.15, 0.2) is 5.90 Å². The molecule has 2 aromatic heterocycles. The molecule has 1 aliphatic rings. The van der Waals surface area contributed by atoms with Gasteiger partial charge in [-0.15, -0.1) is 0 Å². The van der Waals surface area contributed by atoms with Gasteiger partial charge >= 0.3 is 0 Å². The Morgan fingerprint density at radius 2 is 2.03 bits per heavy atom. The van der Waals surface area contributed by atoms with E-state index in [2.05, 4.69) is 31.3 Å². The van der Waals surface area contributed by atoms with Gasteiger partial charge in [0.2, 0.25) is 0 Å². The van der Waals surface area contributed by atoms with Crippen molar-refractivity contribution in [1.29, 1.82) is 0 Å². The number of halogens is 1. The van der Waals surface area contributed by atoms with Gasteiger partial charge in [0.25, 0.3) is 0 Å². The zero-order chi connectivity index (χ0) is 22.6. The Balaban J connectivity index is 1.34. The van der Waals surface area contributed by atoms with Crippen LogP contribution in [0.25, 0.3) is 10.9 Å². The molecule has 2 aromatic carbocycles. The molecule has 5 rings (SSSR count). The molecule has 0 bridgehead atoms. The molecule has 8 heteroatoms. The summed E-state index contributed by atoms with van der Waals surface area (Å²) in [5.41, 5.74) is 3.57. The highest BCUT2D eigenvalue weighted by Gasteiger charge is 2.15. The summed E-state index contributed by atoms with van der Waals surface area (Å²) in [6, 6.07) is 17.6. The Hall–Kier alpha value is -3.71. The van der Waals surface area contributed by atoms with E-state index < -0.39 is 0 Å². The third-order valence-electron chi connectivity index (χ3n) is 5.21. The van der Waals surface area contributed by atoms with Crippen molar-refractivity contribution in [2.24, 2.45) is 4.99 Å². The molecule has 4 aromatic rings. The summed E-state index contributed by atoms with van der Waals surface area (Å²) in [4.78, 5) is 17.6. The lowest BCUT2D eigenvalue weighted by atomic mass is 10.1. The number of ether oxygens (including phenoxy) is 2. The first kappa shape index (κ1) is 21.2.